The molecule has 0 aliphatic carbocycles. The molecule has 1 aromatic heterocycles. The lowest BCUT2D eigenvalue weighted by Gasteiger charge is -2.27. The fourth-order valence-corrected chi connectivity index (χ4v) is 3.99. The average molecular weight is 428 g/mol. The van der Waals surface area contributed by atoms with Crippen molar-refractivity contribution < 1.29 is 19.4 Å². The number of Topliss-reactive ketones (excluding diaryl/α,β-unsaturated/α-hetero) is 1. The maximum absolute atomic E-state index is 13.3. The number of amides is 1. The van der Waals surface area contributed by atoms with Gasteiger partial charge in [0.2, 0.25) is 0 Å². The minimum atomic E-state index is -0.783. The van der Waals surface area contributed by atoms with Crippen molar-refractivity contribution in [3.8, 4) is 5.75 Å². The molecule has 3 aromatic rings. The second-order valence-corrected chi connectivity index (χ2v) is 7.63. The van der Waals surface area contributed by atoms with Gasteiger partial charge in [-0.3, -0.25) is 19.5 Å². The topological polar surface area (TPSA) is 79.7 Å². The maximum Gasteiger partial charge on any atom is 0.300 e. The average Bonchev–Trinajstić information content (AvgIpc) is 3.07. The van der Waals surface area contributed by atoms with Crippen molar-refractivity contribution in [1.29, 1.82) is 0 Å². The zero-order chi connectivity index (χ0) is 22.8. The fourth-order valence-electron chi connectivity index (χ4n) is 3.99. The van der Waals surface area contributed by atoms with Crippen LogP contribution >= 0.6 is 0 Å². The summed E-state index contributed by atoms with van der Waals surface area (Å²) in [5.41, 5.74) is 3.66. The van der Waals surface area contributed by atoms with Crippen LogP contribution in [0.3, 0.4) is 0 Å². The third kappa shape index (κ3) is 3.64. The van der Waals surface area contributed by atoms with E-state index in [1.54, 1.807) is 48.8 Å². The van der Waals surface area contributed by atoms with E-state index in [0.29, 0.717) is 29.2 Å². The van der Waals surface area contributed by atoms with Gasteiger partial charge in [-0.1, -0.05) is 24.3 Å². The van der Waals surface area contributed by atoms with E-state index in [0.717, 1.165) is 11.1 Å². The van der Waals surface area contributed by atoms with E-state index in [1.807, 2.05) is 39.0 Å². The predicted octanol–water partition coefficient (Wildman–Crippen LogP) is 4.72. The summed E-state index contributed by atoms with van der Waals surface area (Å²) >= 11 is 0. The second-order valence-electron chi connectivity index (χ2n) is 7.63. The summed E-state index contributed by atoms with van der Waals surface area (Å²) in [4.78, 5) is 32.0. The molecule has 1 aliphatic heterocycles. The Balaban J connectivity index is 1.94. The van der Waals surface area contributed by atoms with Crippen LogP contribution in [0.1, 0.15) is 35.2 Å². The number of aromatic nitrogens is 1. The Kier molecular flexibility index (Phi) is 5.77. The Morgan fingerprint density at radius 1 is 1.06 bits per heavy atom. The molecule has 0 saturated carbocycles. The van der Waals surface area contributed by atoms with Gasteiger partial charge in [0.25, 0.3) is 11.7 Å². The van der Waals surface area contributed by atoms with Crippen molar-refractivity contribution in [2.24, 2.45) is 0 Å². The summed E-state index contributed by atoms with van der Waals surface area (Å²) in [6.45, 7) is 6.21. The van der Waals surface area contributed by atoms with Crippen LogP contribution in [0.2, 0.25) is 0 Å². The minimum Gasteiger partial charge on any atom is -0.507 e. The molecule has 1 N–H and O–H groups in total. The number of benzene rings is 2. The highest BCUT2D eigenvalue weighted by Crippen LogP contribution is 2.43. The Morgan fingerprint density at radius 2 is 1.78 bits per heavy atom. The SMILES string of the molecule is CCOc1cccc(/C(O)=C2\C(=O)C(=O)N(c3cccc(C)c3C)C2c2ccncc2)c1. The van der Waals surface area contributed by atoms with Crippen molar-refractivity contribution in [1.82, 2.24) is 4.98 Å². The van der Waals surface area contributed by atoms with Gasteiger partial charge in [-0.25, -0.2) is 0 Å². The monoisotopic (exact) mass is 428 g/mol. The number of aliphatic hydroxyl groups excluding tert-OH is 1. The van der Waals surface area contributed by atoms with Crippen LogP contribution in [0.5, 0.6) is 5.75 Å². The van der Waals surface area contributed by atoms with Gasteiger partial charge in [-0.05, 0) is 67.8 Å². The van der Waals surface area contributed by atoms with Crippen molar-refractivity contribution in [2.75, 3.05) is 11.5 Å². The van der Waals surface area contributed by atoms with Gasteiger partial charge < -0.3 is 9.84 Å². The lowest BCUT2D eigenvalue weighted by atomic mass is 9.95. The molecule has 1 atom stereocenters. The zero-order valence-electron chi connectivity index (χ0n) is 18.2. The third-order valence-electron chi connectivity index (χ3n) is 5.72. The highest BCUT2D eigenvalue weighted by molar-refractivity contribution is 6.51. The zero-order valence-corrected chi connectivity index (χ0v) is 18.2. The number of ether oxygens (including phenoxy) is 1. The van der Waals surface area contributed by atoms with Crippen molar-refractivity contribution in [3.05, 3.63) is 94.8 Å². The van der Waals surface area contributed by atoms with Crippen LogP contribution in [0, 0.1) is 13.8 Å². The minimum absolute atomic E-state index is 0.0377. The molecule has 1 amide bonds. The fraction of sp³-hybridized carbons (Fsp3) is 0.192. The molecule has 6 heteroatoms. The van der Waals surface area contributed by atoms with E-state index in [2.05, 4.69) is 4.98 Å². The maximum atomic E-state index is 13.3. The first-order valence-electron chi connectivity index (χ1n) is 10.4. The van der Waals surface area contributed by atoms with Crippen molar-refractivity contribution in [3.63, 3.8) is 0 Å². The Bertz CT molecular complexity index is 1220. The highest BCUT2D eigenvalue weighted by atomic mass is 16.5. The number of aliphatic hydroxyl groups is 1. The number of rotatable bonds is 5. The van der Waals surface area contributed by atoms with Gasteiger partial charge in [-0.2, -0.15) is 0 Å². The molecule has 0 radical (unpaired) electrons. The molecular weight excluding hydrogens is 404 g/mol. The molecule has 2 heterocycles. The summed E-state index contributed by atoms with van der Waals surface area (Å²) in [6, 6.07) is 15.2. The van der Waals surface area contributed by atoms with E-state index in [1.165, 1.54) is 4.90 Å². The number of carbonyl (C=O) groups excluding carboxylic acids is 2. The third-order valence-corrected chi connectivity index (χ3v) is 5.72. The summed E-state index contributed by atoms with van der Waals surface area (Å²) in [5.74, 6) is -1.07. The molecule has 6 nitrogen and oxygen atoms in total. The van der Waals surface area contributed by atoms with Gasteiger partial charge in [0, 0.05) is 23.6 Å². The molecule has 32 heavy (non-hydrogen) atoms. The Morgan fingerprint density at radius 3 is 2.50 bits per heavy atom. The van der Waals surface area contributed by atoms with Crippen LogP contribution in [-0.4, -0.2) is 28.4 Å². The normalized spacial score (nSPS) is 17.6. The smallest absolute Gasteiger partial charge is 0.300 e. The van der Waals surface area contributed by atoms with E-state index < -0.39 is 17.7 Å². The predicted molar refractivity (Wildman–Crippen MR) is 123 cm³/mol. The molecule has 0 bridgehead atoms. The Labute approximate surface area is 186 Å². The quantitative estimate of drug-likeness (QED) is 0.361. The molecule has 1 aliphatic rings. The Hall–Kier alpha value is -3.93. The molecule has 0 spiro atoms. The molecule has 1 fully saturated rings. The number of carbonyl (C=O) groups is 2. The first kappa shape index (κ1) is 21.3. The largest absolute Gasteiger partial charge is 0.507 e. The van der Waals surface area contributed by atoms with Crippen molar-refractivity contribution in [2.45, 2.75) is 26.8 Å². The van der Waals surface area contributed by atoms with E-state index in [9.17, 15) is 14.7 Å². The second kappa shape index (κ2) is 8.67. The number of ketones is 1. The summed E-state index contributed by atoms with van der Waals surface area (Å²) in [7, 11) is 0. The molecule has 1 unspecified atom stereocenters. The summed E-state index contributed by atoms with van der Waals surface area (Å²) < 4.78 is 5.53. The summed E-state index contributed by atoms with van der Waals surface area (Å²) in [6.07, 6.45) is 3.21. The molecule has 2 aromatic carbocycles. The van der Waals surface area contributed by atoms with Gasteiger partial charge in [-0.15, -0.1) is 0 Å². The highest BCUT2D eigenvalue weighted by Gasteiger charge is 2.47. The number of pyridine rings is 1. The number of nitrogens with zero attached hydrogens (tertiary/aromatic N) is 2. The van der Waals surface area contributed by atoms with E-state index in [-0.39, 0.29) is 11.3 Å². The van der Waals surface area contributed by atoms with Crippen LogP contribution in [0.25, 0.3) is 5.76 Å². The van der Waals surface area contributed by atoms with Crippen LogP contribution in [-0.2, 0) is 9.59 Å². The molecule has 1 saturated heterocycles. The van der Waals surface area contributed by atoms with E-state index in [4.69, 9.17) is 4.74 Å². The molecule has 162 valence electrons. The van der Waals surface area contributed by atoms with Crippen LogP contribution < -0.4 is 9.64 Å². The number of anilines is 1. The first-order valence-corrected chi connectivity index (χ1v) is 10.4. The lowest BCUT2D eigenvalue weighted by molar-refractivity contribution is -0.132. The van der Waals surface area contributed by atoms with Crippen LogP contribution in [0.15, 0.2) is 72.6 Å². The lowest BCUT2D eigenvalue weighted by Crippen LogP contribution is -2.30. The molecule has 4 rings (SSSR count). The summed E-state index contributed by atoms with van der Waals surface area (Å²) in [5, 5.41) is 11.2. The van der Waals surface area contributed by atoms with Crippen molar-refractivity contribution >= 4 is 23.1 Å². The number of hydrogen-bond donors (Lipinski definition) is 1. The van der Waals surface area contributed by atoms with Gasteiger partial charge >= 0.3 is 0 Å². The van der Waals surface area contributed by atoms with Gasteiger partial charge in [0.15, 0.2) is 0 Å². The van der Waals surface area contributed by atoms with Gasteiger partial charge in [0.05, 0.1) is 18.2 Å². The van der Waals surface area contributed by atoms with E-state index >= 15 is 0 Å². The molecular formula is C26H24N2O4. The van der Waals surface area contributed by atoms with Gasteiger partial charge in [0.1, 0.15) is 11.5 Å². The standard InChI is InChI=1S/C26H24N2O4/c1-4-32-20-9-6-8-19(15-20)24(29)22-23(18-11-13-27-14-12-18)28(26(31)25(22)30)21-10-5-7-16(2)17(21)3/h5-15,23,29H,4H2,1-3H3/b24-22+. The van der Waals surface area contributed by atoms with Crippen LogP contribution in [0.4, 0.5) is 5.69 Å². The first-order chi connectivity index (χ1) is 15.4. The number of hydrogen-bond acceptors (Lipinski definition) is 5. The number of aryl methyl sites for hydroxylation is 1.